The third-order valence-corrected chi connectivity index (χ3v) is 4.35. The highest BCUT2D eigenvalue weighted by atomic mass is 16.5. The number of amidine groups is 1. The van der Waals surface area contributed by atoms with E-state index in [1.54, 1.807) is 61.5 Å². The Hall–Kier alpha value is -3.41. The van der Waals surface area contributed by atoms with Gasteiger partial charge in [0.2, 0.25) is 0 Å². The van der Waals surface area contributed by atoms with Crippen LogP contribution in [0.2, 0.25) is 0 Å². The molecule has 0 aliphatic heterocycles. The van der Waals surface area contributed by atoms with Crippen molar-refractivity contribution < 1.29 is 14.3 Å². The Balaban J connectivity index is 2.00. The van der Waals surface area contributed by atoms with Gasteiger partial charge in [-0.25, -0.2) is 4.79 Å². The van der Waals surface area contributed by atoms with Crippen molar-refractivity contribution in [1.82, 2.24) is 5.32 Å². The number of benzene rings is 2. The molecule has 1 amide bonds. The minimum Gasteiger partial charge on any atom is -0.423 e. The molecule has 2 aromatic carbocycles. The van der Waals surface area contributed by atoms with Crippen LogP contribution in [0.15, 0.2) is 54.1 Å². The number of nitrogens with two attached hydrogens (primary N) is 1. The molecular formula is C23H27N3O3. The highest BCUT2D eigenvalue weighted by molar-refractivity contribution is 5.97. The van der Waals surface area contributed by atoms with E-state index in [1.807, 2.05) is 6.92 Å². The summed E-state index contributed by atoms with van der Waals surface area (Å²) in [6.45, 7) is 5.73. The molecule has 0 spiro atoms. The van der Waals surface area contributed by atoms with E-state index in [9.17, 15) is 9.59 Å². The number of rotatable bonds is 8. The maximum atomic E-state index is 12.3. The molecular weight excluding hydrogens is 366 g/mol. The quantitative estimate of drug-likeness (QED) is 0.208. The summed E-state index contributed by atoms with van der Waals surface area (Å²) < 4.78 is 5.33. The molecule has 0 saturated carbocycles. The van der Waals surface area contributed by atoms with Gasteiger partial charge >= 0.3 is 5.97 Å². The zero-order chi connectivity index (χ0) is 21.4. The molecule has 6 nitrogen and oxygen atoms in total. The van der Waals surface area contributed by atoms with Gasteiger partial charge in [-0.2, -0.15) is 0 Å². The third-order valence-electron chi connectivity index (χ3n) is 4.35. The summed E-state index contributed by atoms with van der Waals surface area (Å²) in [5.74, 6) is -0.251. The second kappa shape index (κ2) is 10.2. The average molecular weight is 393 g/mol. The summed E-state index contributed by atoms with van der Waals surface area (Å²) >= 11 is 0. The smallest absolute Gasteiger partial charge is 0.339 e. The van der Waals surface area contributed by atoms with E-state index in [0.29, 0.717) is 22.4 Å². The van der Waals surface area contributed by atoms with E-state index in [2.05, 4.69) is 12.2 Å². The number of nitrogens with one attached hydrogen (secondary N) is 2. The molecule has 152 valence electrons. The van der Waals surface area contributed by atoms with Gasteiger partial charge in [0, 0.05) is 22.7 Å². The van der Waals surface area contributed by atoms with Crippen molar-refractivity contribution in [3.63, 3.8) is 0 Å². The molecule has 2 rings (SSSR count). The first-order chi connectivity index (χ1) is 13.8. The lowest BCUT2D eigenvalue weighted by atomic mass is 10.1. The molecule has 1 atom stereocenters. The van der Waals surface area contributed by atoms with E-state index in [0.717, 1.165) is 18.4 Å². The molecule has 0 saturated heterocycles. The molecule has 2 aromatic rings. The van der Waals surface area contributed by atoms with Gasteiger partial charge < -0.3 is 15.8 Å². The van der Waals surface area contributed by atoms with Crippen LogP contribution in [0.4, 0.5) is 0 Å². The van der Waals surface area contributed by atoms with Crippen molar-refractivity contribution in [2.24, 2.45) is 5.73 Å². The molecule has 29 heavy (non-hydrogen) atoms. The maximum absolute atomic E-state index is 12.3. The van der Waals surface area contributed by atoms with Gasteiger partial charge in [-0.3, -0.25) is 10.2 Å². The van der Waals surface area contributed by atoms with Crippen molar-refractivity contribution >= 4 is 23.8 Å². The van der Waals surface area contributed by atoms with Gasteiger partial charge in [0.05, 0.1) is 0 Å². The van der Waals surface area contributed by atoms with Crippen molar-refractivity contribution in [2.45, 2.75) is 39.7 Å². The number of esters is 1. The predicted octanol–water partition coefficient (Wildman–Crippen LogP) is 3.90. The molecule has 0 bridgehead atoms. The Morgan fingerprint density at radius 2 is 1.69 bits per heavy atom. The van der Waals surface area contributed by atoms with Gasteiger partial charge in [-0.1, -0.05) is 25.5 Å². The summed E-state index contributed by atoms with van der Waals surface area (Å²) in [6.07, 6.45) is 3.65. The predicted molar refractivity (Wildman–Crippen MR) is 115 cm³/mol. The van der Waals surface area contributed by atoms with Gasteiger partial charge in [-0.05, 0) is 68.3 Å². The van der Waals surface area contributed by atoms with Crippen LogP contribution in [0.5, 0.6) is 5.75 Å². The highest BCUT2D eigenvalue weighted by Crippen LogP contribution is 2.15. The van der Waals surface area contributed by atoms with E-state index < -0.39 is 5.97 Å². The number of carbonyl (C=O) groups is 2. The van der Waals surface area contributed by atoms with Crippen LogP contribution in [0.3, 0.4) is 0 Å². The van der Waals surface area contributed by atoms with Crippen LogP contribution in [0, 0.1) is 5.41 Å². The SMILES string of the molecule is CCCC(C)NC(=O)c1ccc(/C=C(\C)C(=O)Oc2ccc(C(=N)N)cc2)cc1. The zero-order valence-corrected chi connectivity index (χ0v) is 17.0. The highest BCUT2D eigenvalue weighted by Gasteiger charge is 2.10. The van der Waals surface area contributed by atoms with Crippen LogP contribution in [-0.2, 0) is 4.79 Å². The fraction of sp³-hybridized carbons (Fsp3) is 0.261. The van der Waals surface area contributed by atoms with Crippen LogP contribution in [0.1, 0.15) is 55.1 Å². The first kappa shape index (κ1) is 21.9. The molecule has 0 radical (unpaired) electrons. The molecule has 0 heterocycles. The lowest BCUT2D eigenvalue weighted by Crippen LogP contribution is -2.32. The maximum Gasteiger partial charge on any atom is 0.339 e. The number of carbonyl (C=O) groups excluding carboxylic acids is 2. The van der Waals surface area contributed by atoms with E-state index in [-0.39, 0.29) is 17.8 Å². The molecule has 0 fully saturated rings. The Kier molecular flexibility index (Phi) is 7.71. The molecule has 0 aliphatic rings. The fourth-order valence-corrected chi connectivity index (χ4v) is 2.74. The third kappa shape index (κ3) is 6.60. The second-order valence-electron chi connectivity index (χ2n) is 6.94. The van der Waals surface area contributed by atoms with E-state index >= 15 is 0 Å². The fourth-order valence-electron chi connectivity index (χ4n) is 2.74. The summed E-state index contributed by atoms with van der Waals surface area (Å²) in [7, 11) is 0. The molecule has 6 heteroatoms. The van der Waals surface area contributed by atoms with Crippen molar-refractivity contribution in [1.29, 1.82) is 5.41 Å². The largest absolute Gasteiger partial charge is 0.423 e. The van der Waals surface area contributed by atoms with Gasteiger partial charge in [0.25, 0.3) is 5.91 Å². The molecule has 1 unspecified atom stereocenters. The summed E-state index contributed by atoms with van der Waals surface area (Å²) in [6, 6.07) is 13.6. The standard InChI is InChI=1S/C23H27N3O3/c1-4-5-16(3)26-22(27)19-8-6-17(7-9-19)14-15(2)23(28)29-20-12-10-18(11-13-20)21(24)25/h6-14,16H,4-5H2,1-3H3,(H3,24,25)(H,26,27)/b15-14+. The van der Waals surface area contributed by atoms with Gasteiger partial charge in [0.1, 0.15) is 11.6 Å². The van der Waals surface area contributed by atoms with E-state index in [4.69, 9.17) is 15.9 Å². The van der Waals surface area contributed by atoms with Crippen LogP contribution in [0.25, 0.3) is 6.08 Å². The average Bonchev–Trinajstić information content (AvgIpc) is 2.69. The Bertz CT molecular complexity index is 900. The van der Waals surface area contributed by atoms with E-state index in [1.165, 1.54) is 0 Å². The minimum absolute atomic E-state index is 0.0455. The lowest BCUT2D eigenvalue weighted by molar-refractivity contribution is -0.130. The number of nitrogen functional groups attached to an aromatic ring is 1. The lowest BCUT2D eigenvalue weighted by Gasteiger charge is -2.12. The van der Waals surface area contributed by atoms with Crippen molar-refractivity contribution in [3.8, 4) is 5.75 Å². The summed E-state index contributed by atoms with van der Waals surface area (Å²) in [5.41, 5.74) is 7.77. The van der Waals surface area contributed by atoms with Gasteiger partial charge in [-0.15, -0.1) is 0 Å². The number of hydrogen-bond acceptors (Lipinski definition) is 4. The molecule has 4 N–H and O–H groups in total. The Morgan fingerprint density at radius 3 is 2.24 bits per heavy atom. The van der Waals surface area contributed by atoms with Crippen LogP contribution >= 0.6 is 0 Å². The monoisotopic (exact) mass is 393 g/mol. The molecule has 0 aromatic heterocycles. The Labute approximate surface area is 171 Å². The molecule has 0 aliphatic carbocycles. The number of amides is 1. The van der Waals surface area contributed by atoms with Crippen molar-refractivity contribution in [3.05, 3.63) is 70.8 Å². The summed E-state index contributed by atoms with van der Waals surface area (Å²) in [5, 5.41) is 10.3. The normalized spacial score (nSPS) is 12.2. The first-order valence-electron chi connectivity index (χ1n) is 9.56. The first-order valence-corrected chi connectivity index (χ1v) is 9.56. The minimum atomic E-state index is -0.476. The Morgan fingerprint density at radius 1 is 1.10 bits per heavy atom. The second-order valence-corrected chi connectivity index (χ2v) is 6.94. The number of hydrogen-bond donors (Lipinski definition) is 3. The van der Waals surface area contributed by atoms with Crippen LogP contribution < -0.4 is 15.8 Å². The topological polar surface area (TPSA) is 105 Å². The van der Waals surface area contributed by atoms with Gasteiger partial charge in [0.15, 0.2) is 0 Å². The van der Waals surface area contributed by atoms with Crippen LogP contribution in [-0.4, -0.2) is 23.8 Å². The van der Waals surface area contributed by atoms with Crippen molar-refractivity contribution in [2.75, 3.05) is 0 Å². The number of ether oxygens (including phenoxy) is 1. The summed E-state index contributed by atoms with van der Waals surface area (Å²) in [4.78, 5) is 24.5. The zero-order valence-electron chi connectivity index (χ0n) is 17.0.